The summed E-state index contributed by atoms with van der Waals surface area (Å²) in [6, 6.07) is 20.3. The SMILES string of the molecule is CN(C)C(=O)[C@@H](Sc1nnc(CN2CCCCC2)n1Cc1ccccc1)c1ccccc1. The molecule has 32 heavy (non-hydrogen) atoms. The van der Waals surface area contributed by atoms with Crippen LogP contribution in [0.1, 0.15) is 41.5 Å². The van der Waals surface area contributed by atoms with Crippen LogP contribution in [0.25, 0.3) is 0 Å². The van der Waals surface area contributed by atoms with Crippen LogP contribution in [-0.2, 0) is 17.9 Å². The minimum absolute atomic E-state index is 0.0491. The minimum atomic E-state index is -0.368. The molecule has 1 fully saturated rings. The maximum Gasteiger partial charge on any atom is 0.240 e. The molecule has 0 spiro atoms. The van der Waals surface area contributed by atoms with Gasteiger partial charge in [-0.05, 0) is 37.1 Å². The number of hydrogen-bond acceptors (Lipinski definition) is 5. The molecular weight excluding hydrogens is 418 g/mol. The number of aromatic nitrogens is 3. The van der Waals surface area contributed by atoms with Gasteiger partial charge in [0.15, 0.2) is 5.16 Å². The van der Waals surface area contributed by atoms with Crippen LogP contribution in [0, 0.1) is 0 Å². The number of thioether (sulfide) groups is 1. The molecule has 1 atom stereocenters. The third-order valence-electron chi connectivity index (χ3n) is 5.78. The fourth-order valence-corrected chi connectivity index (χ4v) is 5.20. The van der Waals surface area contributed by atoms with Gasteiger partial charge in [0, 0.05) is 14.1 Å². The molecule has 1 aromatic heterocycles. The van der Waals surface area contributed by atoms with Crippen molar-refractivity contribution in [2.24, 2.45) is 0 Å². The highest BCUT2D eigenvalue weighted by Crippen LogP contribution is 2.36. The molecule has 0 aliphatic carbocycles. The number of benzene rings is 2. The summed E-state index contributed by atoms with van der Waals surface area (Å²) in [6.07, 6.45) is 3.78. The van der Waals surface area contributed by atoms with Gasteiger partial charge in [0.05, 0.1) is 13.1 Å². The molecule has 4 rings (SSSR count). The lowest BCUT2D eigenvalue weighted by Crippen LogP contribution is -2.30. The summed E-state index contributed by atoms with van der Waals surface area (Å²) in [5, 5.41) is 9.56. The Bertz CT molecular complexity index is 1000. The van der Waals surface area contributed by atoms with Crippen LogP contribution in [0.15, 0.2) is 65.8 Å². The Hall–Kier alpha value is -2.64. The van der Waals surface area contributed by atoms with E-state index in [1.54, 1.807) is 19.0 Å². The van der Waals surface area contributed by atoms with E-state index in [2.05, 4.69) is 43.9 Å². The first kappa shape index (κ1) is 22.6. The van der Waals surface area contributed by atoms with Crippen molar-refractivity contribution in [1.29, 1.82) is 0 Å². The second-order valence-electron chi connectivity index (χ2n) is 8.45. The van der Waals surface area contributed by atoms with E-state index in [9.17, 15) is 4.79 Å². The number of piperidine rings is 1. The van der Waals surface area contributed by atoms with Gasteiger partial charge in [-0.1, -0.05) is 78.8 Å². The predicted octanol–water partition coefficient (Wildman–Crippen LogP) is 4.23. The summed E-state index contributed by atoms with van der Waals surface area (Å²) in [5.74, 6) is 1.01. The highest BCUT2D eigenvalue weighted by atomic mass is 32.2. The lowest BCUT2D eigenvalue weighted by molar-refractivity contribution is -0.128. The maximum absolute atomic E-state index is 13.1. The van der Waals surface area contributed by atoms with Crippen LogP contribution in [0.4, 0.5) is 0 Å². The van der Waals surface area contributed by atoms with E-state index in [0.717, 1.165) is 36.2 Å². The third-order valence-corrected chi connectivity index (χ3v) is 7.00. The topological polar surface area (TPSA) is 54.3 Å². The summed E-state index contributed by atoms with van der Waals surface area (Å²) in [7, 11) is 3.60. The normalized spacial score (nSPS) is 15.4. The van der Waals surface area contributed by atoms with Crippen molar-refractivity contribution in [3.63, 3.8) is 0 Å². The lowest BCUT2D eigenvalue weighted by Gasteiger charge is -2.26. The Balaban J connectivity index is 1.65. The molecule has 2 heterocycles. The second kappa shape index (κ2) is 10.8. The molecule has 1 aliphatic heterocycles. The van der Waals surface area contributed by atoms with Crippen molar-refractivity contribution in [3.8, 4) is 0 Å². The summed E-state index contributed by atoms with van der Waals surface area (Å²) in [6.45, 7) is 3.69. The van der Waals surface area contributed by atoms with Crippen LogP contribution >= 0.6 is 11.8 Å². The van der Waals surface area contributed by atoms with Crippen molar-refractivity contribution in [2.75, 3.05) is 27.2 Å². The molecule has 2 aromatic carbocycles. The molecule has 6 nitrogen and oxygen atoms in total. The Labute approximate surface area is 194 Å². The molecule has 1 saturated heterocycles. The van der Waals surface area contributed by atoms with Crippen LogP contribution < -0.4 is 0 Å². The van der Waals surface area contributed by atoms with Gasteiger partial charge in [0.25, 0.3) is 0 Å². The molecular formula is C25H31N5OS. The monoisotopic (exact) mass is 449 g/mol. The third kappa shape index (κ3) is 5.58. The largest absolute Gasteiger partial charge is 0.348 e. The number of likely N-dealkylation sites (tertiary alicyclic amines) is 1. The van der Waals surface area contributed by atoms with E-state index in [4.69, 9.17) is 0 Å². The Morgan fingerprint density at radius 3 is 2.25 bits per heavy atom. The van der Waals surface area contributed by atoms with E-state index in [1.165, 1.54) is 36.6 Å². The summed E-state index contributed by atoms with van der Waals surface area (Å²) in [5.41, 5.74) is 2.17. The number of amides is 1. The second-order valence-corrected chi connectivity index (χ2v) is 9.52. The average Bonchev–Trinajstić information content (AvgIpc) is 3.19. The molecule has 3 aromatic rings. The van der Waals surface area contributed by atoms with Gasteiger partial charge in [-0.2, -0.15) is 0 Å². The van der Waals surface area contributed by atoms with Gasteiger partial charge in [-0.3, -0.25) is 9.69 Å². The smallest absolute Gasteiger partial charge is 0.240 e. The number of rotatable bonds is 8. The highest BCUT2D eigenvalue weighted by molar-refractivity contribution is 8.00. The van der Waals surface area contributed by atoms with E-state index in [0.29, 0.717) is 6.54 Å². The maximum atomic E-state index is 13.1. The van der Waals surface area contributed by atoms with Gasteiger partial charge >= 0.3 is 0 Å². The van der Waals surface area contributed by atoms with Gasteiger partial charge < -0.3 is 9.47 Å². The zero-order valence-corrected chi connectivity index (χ0v) is 19.7. The first-order chi connectivity index (χ1) is 15.6. The molecule has 0 N–H and O–H groups in total. The van der Waals surface area contributed by atoms with Gasteiger partial charge in [-0.25, -0.2) is 0 Å². The predicted molar refractivity (Wildman–Crippen MR) is 128 cm³/mol. The Kier molecular flexibility index (Phi) is 7.60. The zero-order valence-electron chi connectivity index (χ0n) is 18.9. The molecule has 0 bridgehead atoms. The van der Waals surface area contributed by atoms with E-state index in [-0.39, 0.29) is 11.2 Å². The first-order valence-corrected chi connectivity index (χ1v) is 12.1. The molecule has 7 heteroatoms. The van der Waals surface area contributed by atoms with Crippen LogP contribution in [0.2, 0.25) is 0 Å². The van der Waals surface area contributed by atoms with Crippen LogP contribution in [0.3, 0.4) is 0 Å². The number of likely N-dealkylation sites (N-methyl/N-ethyl adjacent to an activating group) is 1. The average molecular weight is 450 g/mol. The van der Waals surface area contributed by atoms with E-state index < -0.39 is 0 Å². The molecule has 0 radical (unpaired) electrons. The van der Waals surface area contributed by atoms with E-state index >= 15 is 0 Å². The standard InChI is InChI=1S/C25H31N5OS/c1-28(2)24(31)23(21-14-8-4-9-15-21)32-25-27-26-22(19-29-16-10-5-11-17-29)30(25)18-20-12-6-3-7-13-20/h3-4,6-9,12-15,23H,5,10-11,16-19H2,1-2H3/t23-/m0/s1. The van der Waals surface area contributed by atoms with Crippen molar-refractivity contribution in [1.82, 2.24) is 24.6 Å². The number of hydrogen-bond donors (Lipinski definition) is 0. The fourth-order valence-electron chi connectivity index (χ4n) is 3.99. The highest BCUT2D eigenvalue weighted by Gasteiger charge is 2.27. The lowest BCUT2D eigenvalue weighted by atomic mass is 10.1. The van der Waals surface area contributed by atoms with Crippen molar-refractivity contribution >= 4 is 17.7 Å². The quantitative estimate of drug-likeness (QED) is 0.482. The summed E-state index contributed by atoms with van der Waals surface area (Å²) < 4.78 is 2.19. The Morgan fingerprint density at radius 1 is 0.938 bits per heavy atom. The summed E-state index contributed by atoms with van der Waals surface area (Å²) in [4.78, 5) is 17.2. The number of carbonyl (C=O) groups excluding carboxylic acids is 1. The molecule has 0 saturated carbocycles. The van der Waals surface area contributed by atoms with Crippen molar-refractivity contribution < 1.29 is 4.79 Å². The van der Waals surface area contributed by atoms with Crippen LogP contribution in [-0.4, -0.2) is 57.7 Å². The molecule has 0 unspecified atom stereocenters. The van der Waals surface area contributed by atoms with Gasteiger partial charge in [0.1, 0.15) is 11.1 Å². The van der Waals surface area contributed by atoms with Crippen molar-refractivity contribution in [3.05, 3.63) is 77.6 Å². The zero-order chi connectivity index (χ0) is 22.3. The first-order valence-electron chi connectivity index (χ1n) is 11.2. The number of nitrogens with zero attached hydrogens (tertiary/aromatic N) is 5. The minimum Gasteiger partial charge on any atom is -0.348 e. The van der Waals surface area contributed by atoms with Gasteiger partial charge in [0.2, 0.25) is 5.91 Å². The van der Waals surface area contributed by atoms with Crippen LogP contribution in [0.5, 0.6) is 0 Å². The summed E-state index contributed by atoms with van der Waals surface area (Å²) >= 11 is 1.49. The Morgan fingerprint density at radius 2 is 1.59 bits per heavy atom. The number of carbonyl (C=O) groups is 1. The molecule has 1 aliphatic rings. The van der Waals surface area contributed by atoms with Crippen molar-refractivity contribution in [2.45, 2.75) is 42.8 Å². The fraction of sp³-hybridized carbons (Fsp3) is 0.400. The molecule has 1 amide bonds. The van der Waals surface area contributed by atoms with Gasteiger partial charge in [-0.15, -0.1) is 10.2 Å². The van der Waals surface area contributed by atoms with E-state index in [1.807, 2.05) is 36.4 Å². The molecule has 168 valence electrons.